The molecule has 21 heavy (non-hydrogen) atoms. The van der Waals surface area contributed by atoms with E-state index < -0.39 is 0 Å². The maximum absolute atomic E-state index is 12.7. The number of aromatic amines is 1. The van der Waals surface area contributed by atoms with E-state index >= 15 is 0 Å². The molecular formula is C15H15N5O. The van der Waals surface area contributed by atoms with Crippen molar-refractivity contribution in [1.82, 2.24) is 24.4 Å². The molecule has 0 unspecified atom stereocenters. The van der Waals surface area contributed by atoms with Gasteiger partial charge in [0.05, 0.1) is 41.6 Å². The van der Waals surface area contributed by atoms with E-state index in [4.69, 9.17) is 0 Å². The van der Waals surface area contributed by atoms with Gasteiger partial charge in [-0.2, -0.15) is 0 Å². The van der Waals surface area contributed by atoms with E-state index in [9.17, 15) is 4.79 Å². The molecule has 6 heteroatoms. The van der Waals surface area contributed by atoms with Gasteiger partial charge in [-0.15, -0.1) is 0 Å². The number of amides is 1. The predicted molar refractivity (Wildman–Crippen MR) is 77.7 cm³/mol. The number of benzene rings is 1. The van der Waals surface area contributed by atoms with Crippen LogP contribution in [-0.2, 0) is 20.0 Å². The maximum atomic E-state index is 12.7. The molecule has 1 aromatic carbocycles. The quantitative estimate of drug-likeness (QED) is 0.735. The molecule has 1 N–H and O–H groups in total. The molecule has 0 saturated heterocycles. The summed E-state index contributed by atoms with van der Waals surface area (Å²) in [7, 11) is 1.97. The molecule has 3 heterocycles. The number of rotatable bonds is 1. The van der Waals surface area contributed by atoms with Crippen LogP contribution in [0, 0.1) is 0 Å². The van der Waals surface area contributed by atoms with E-state index in [0.29, 0.717) is 18.7 Å². The molecule has 0 fully saturated rings. The summed E-state index contributed by atoms with van der Waals surface area (Å²) >= 11 is 0. The average Bonchev–Trinajstić information content (AvgIpc) is 3.12. The normalized spacial score (nSPS) is 14.4. The van der Waals surface area contributed by atoms with Gasteiger partial charge in [0, 0.05) is 25.6 Å². The van der Waals surface area contributed by atoms with Crippen molar-refractivity contribution >= 4 is 16.9 Å². The zero-order chi connectivity index (χ0) is 14.4. The molecule has 1 amide bonds. The first-order chi connectivity index (χ1) is 10.2. The van der Waals surface area contributed by atoms with E-state index in [1.807, 2.05) is 41.0 Å². The van der Waals surface area contributed by atoms with E-state index in [1.54, 1.807) is 6.33 Å². The van der Waals surface area contributed by atoms with Gasteiger partial charge in [-0.05, 0) is 18.2 Å². The number of nitrogens with one attached hydrogen (secondary N) is 1. The van der Waals surface area contributed by atoms with Gasteiger partial charge in [-0.25, -0.2) is 9.97 Å². The lowest BCUT2D eigenvalue weighted by Crippen LogP contribution is -2.36. The highest BCUT2D eigenvalue weighted by molar-refractivity contribution is 5.97. The second kappa shape index (κ2) is 4.44. The van der Waals surface area contributed by atoms with Gasteiger partial charge in [0.15, 0.2) is 0 Å². The Balaban J connectivity index is 1.64. The van der Waals surface area contributed by atoms with Crippen LogP contribution in [0.1, 0.15) is 21.7 Å². The monoisotopic (exact) mass is 281 g/mol. The van der Waals surface area contributed by atoms with E-state index in [1.165, 1.54) is 0 Å². The Labute approximate surface area is 121 Å². The number of aryl methyl sites for hydroxylation is 1. The lowest BCUT2D eigenvalue weighted by atomic mass is 10.1. The van der Waals surface area contributed by atoms with Crippen molar-refractivity contribution in [2.45, 2.75) is 13.0 Å². The number of hydrogen-bond acceptors (Lipinski definition) is 3. The van der Waals surface area contributed by atoms with Crippen LogP contribution in [0.15, 0.2) is 30.9 Å². The number of H-pyrrole nitrogens is 1. The number of aromatic nitrogens is 4. The lowest BCUT2D eigenvalue weighted by Gasteiger charge is -2.27. The van der Waals surface area contributed by atoms with Crippen LogP contribution in [0.3, 0.4) is 0 Å². The largest absolute Gasteiger partial charge is 0.345 e. The third kappa shape index (κ3) is 1.91. The second-order valence-electron chi connectivity index (χ2n) is 5.36. The molecule has 0 spiro atoms. The van der Waals surface area contributed by atoms with Crippen molar-refractivity contribution in [1.29, 1.82) is 0 Å². The molecule has 2 aromatic heterocycles. The highest BCUT2D eigenvalue weighted by atomic mass is 16.2. The Bertz CT molecular complexity index is 832. The minimum Gasteiger partial charge on any atom is -0.345 e. The Hall–Kier alpha value is -2.63. The summed E-state index contributed by atoms with van der Waals surface area (Å²) in [5.41, 5.74) is 4.68. The number of imidazole rings is 2. The van der Waals surface area contributed by atoms with Crippen LogP contribution in [0.4, 0.5) is 0 Å². The zero-order valence-electron chi connectivity index (χ0n) is 11.7. The van der Waals surface area contributed by atoms with Crippen LogP contribution >= 0.6 is 0 Å². The van der Waals surface area contributed by atoms with Crippen LogP contribution in [-0.4, -0.2) is 36.9 Å². The minimum atomic E-state index is 0.0540. The number of fused-ring (bicyclic) bond motifs is 2. The summed E-state index contributed by atoms with van der Waals surface area (Å²) in [6.07, 6.45) is 4.27. The fraction of sp³-hybridized carbons (Fsp3) is 0.267. The summed E-state index contributed by atoms with van der Waals surface area (Å²) < 4.78 is 1.99. The molecule has 0 saturated carbocycles. The summed E-state index contributed by atoms with van der Waals surface area (Å²) in [5, 5.41) is 0. The van der Waals surface area contributed by atoms with Gasteiger partial charge in [0.2, 0.25) is 0 Å². The van der Waals surface area contributed by atoms with Gasteiger partial charge in [-0.1, -0.05) is 0 Å². The molecule has 1 aliphatic rings. The Morgan fingerprint density at radius 3 is 3.14 bits per heavy atom. The van der Waals surface area contributed by atoms with Crippen molar-refractivity contribution in [2.24, 2.45) is 7.05 Å². The molecule has 0 bridgehead atoms. The van der Waals surface area contributed by atoms with Crippen LogP contribution in [0.5, 0.6) is 0 Å². The summed E-state index contributed by atoms with van der Waals surface area (Å²) in [6, 6.07) is 5.58. The Kier molecular flexibility index (Phi) is 2.57. The number of nitrogens with zero attached hydrogens (tertiary/aromatic N) is 4. The molecule has 0 radical (unpaired) electrons. The summed E-state index contributed by atoms with van der Waals surface area (Å²) in [6.45, 7) is 1.33. The third-order valence-electron chi connectivity index (χ3n) is 4.06. The molecule has 4 rings (SSSR count). The Morgan fingerprint density at radius 1 is 1.33 bits per heavy atom. The van der Waals surface area contributed by atoms with E-state index in [2.05, 4.69) is 15.0 Å². The second-order valence-corrected chi connectivity index (χ2v) is 5.36. The van der Waals surface area contributed by atoms with Crippen molar-refractivity contribution in [3.63, 3.8) is 0 Å². The van der Waals surface area contributed by atoms with Gasteiger partial charge >= 0.3 is 0 Å². The summed E-state index contributed by atoms with van der Waals surface area (Å²) in [5.74, 6) is 0.0540. The van der Waals surface area contributed by atoms with Gasteiger partial charge in [-0.3, -0.25) is 4.79 Å². The van der Waals surface area contributed by atoms with Crippen LogP contribution < -0.4 is 0 Å². The molecule has 0 atom stereocenters. The van der Waals surface area contributed by atoms with Gasteiger partial charge < -0.3 is 14.5 Å². The topological polar surface area (TPSA) is 66.8 Å². The molecule has 3 aromatic rings. The molecule has 1 aliphatic heterocycles. The smallest absolute Gasteiger partial charge is 0.254 e. The standard InChI is InChI=1S/C15H15N5O/c1-19-9-18-12-4-5-20(7-14(12)19)15(21)10-2-3-11-13(6-10)17-8-16-11/h2-3,6,8-9H,4-5,7H2,1H3,(H,16,17). The Morgan fingerprint density at radius 2 is 2.24 bits per heavy atom. The van der Waals surface area contributed by atoms with Crippen LogP contribution in [0.2, 0.25) is 0 Å². The highest BCUT2D eigenvalue weighted by Gasteiger charge is 2.24. The van der Waals surface area contributed by atoms with Gasteiger partial charge in [0.25, 0.3) is 5.91 Å². The highest BCUT2D eigenvalue weighted by Crippen LogP contribution is 2.20. The average molecular weight is 281 g/mol. The van der Waals surface area contributed by atoms with Crippen LogP contribution in [0.25, 0.3) is 11.0 Å². The van der Waals surface area contributed by atoms with Gasteiger partial charge in [0.1, 0.15) is 0 Å². The van der Waals surface area contributed by atoms with Crippen molar-refractivity contribution in [2.75, 3.05) is 6.54 Å². The van der Waals surface area contributed by atoms with E-state index in [0.717, 1.165) is 28.8 Å². The third-order valence-corrected chi connectivity index (χ3v) is 4.06. The maximum Gasteiger partial charge on any atom is 0.254 e. The zero-order valence-corrected chi connectivity index (χ0v) is 11.7. The lowest BCUT2D eigenvalue weighted by molar-refractivity contribution is 0.0730. The fourth-order valence-corrected chi connectivity index (χ4v) is 2.84. The van der Waals surface area contributed by atoms with Crippen molar-refractivity contribution in [3.8, 4) is 0 Å². The first kappa shape index (κ1) is 12.1. The summed E-state index contributed by atoms with van der Waals surface area (Å²) in [4.78, 5) is 26.1. The van der Waals surface area contributed by atoms with Crippen molar-refractivity contribution < 1.29 is 4.79 Å². The number of carbonyl (C=O) groups excluding carboxylic acids is 1. The fourth-order valence-electron chi connectivity index (χ4n) is 2.84. The SMILES string of the molecule is Cn1cnc2c1CN(C(=O)c1ccc3nc[nH]c3c1)CC2. The predicted octanol–water partition coefficient (Wildman–Crippen LogP) is 1.49. The molecule has 0 aliphatic carbocycles. The molecule has 6 nitrogen and oxygen atoms in total. The minimum absolute atomic E-state index is 0.0540. The van der Waals surface area contributed by atoms with Crippen molar-refractivity contribution in [3.05, 3.63) is 47.8 Å². The van der Waals surface area contributed by atoms with E-state index in [-0.39, 0.29) is 5.91 Å². The number of carbonyl (C=O) groups is 1. The first-order valence-electron chi connectivity index (χ1n) is 6.94. The first-order valence-corrected chi connectivity index (χ1v) is 6.94. The molecule has 106 valence electrons. The number of hydrogen-bond donors (Lipinski definition) is 1. The molecular weight excluding hydrogens is 266 g/mol.